The molecule has 3 aromatic rings. The van der Waals surface area contributed by atoms with Crippen molar-refractivity contribution in [2.75, 3.05) is 26.2 Å². The first kappa shape index (κ1) is 16.5. The van der Waals surface area contributed by atoms with Crippen LogP contribution in [0, 0.1) is 0 Å². The number of pyridine rings is 1. The van der Waals surface area contributed by atoms with Gasteiger partial charge in [-0.15, -0.1) is 0 Å². The van der Waals surface area contributed by atoms with E-state index in [1.165, 1.54) is 12.5 Å². The van der Waals surface area contributed by atoms with Crippen LogP contribution in [-0.2, 0) is 6.54 Å². The number of nitrogens with zero attached hydrogens (tertiary/aromatic N) is 4. The van der Waals surface area contributed by atoms with Crippen molar-refractivity contribution in [3.8, 4) is 11.3 Å². The second-order valence-electron chi connectivity index (χ2n) is 6.35. The summed E-state index contributed by atoms with van der Waals surface area (Å²) in [5.74, 6) is 0.853. The molecule has 0 atom stereocenters. The normalized spacial score (nSPS) is 15.8. The number of aromatic nitrogens is 2. The quantitative estimate of drug-likeness (QED) is 0.719. The third-order valence-electron chi connectivity index (χ3n) is 4.56. The van der Waals surface area contributed by atoms with Gasteiger partial charge in [0.25, 0.3) is 5.91 Å². The standard InChI is InChI=1S/C19H20N4O3/c24-19(16-4-11-25-14-16)23-8-1-7-22(9-10-23)13-17-12-18(21-26-17)15-2-5-20-6-3-15/h2-6,11-12,14H,1,7-10,13H2. The molecule has 1 amide bonds. The molecule has 1 aliphatic rings. The minimum absolute atomic E-state index is 0.0280. The molecule has 1 aliphatic heterocycles. The molecule has 0 N–H and O–H groups in total. The van der Waals surface area contributed by atoms with Gasteiger partial charge in [0, 0.05) is 50.2 Å². The van der Waals surface area contributed by atoms with Gasteiger partial charge in [0.1, 0.15) is 12.0 Å². The number of carbonyl (C=O) groups is 1. The zero-order chi connectivity index (χ0) is 17.8. The number of hydrogen-bond acceptors (Lipinski definition) is 6. The molecule has 0 spiro atoms. The molecule has 0 unspecified atom stereocenters. The summed E-state index contributed by atoms with van der Waals surface area (Å²) in [4.78, 5) is 20.6. The fourth-order valence-corrected chi connectivity index (χ4v) is 3.17. The van der Waals surface area contributed by atoms with E-state index in [2.05, 4.69) is 15.0 Å². The largest absolute Gasteiger partial charge is 0.472 e. The van der Waals surface area contributed by atoms with E-state index in [4.69, 9.17) is 8.94 Å². The van der Waals surface area contributed by atoms with Gasteiger partial charge in [-0.25, -0.2) is 0 Å². The average molecular weight is 352 g/mol. The zero-order valence-corrected chi connectivity index (χ0v) is 14.4. The third kappa shape index (κ3) is 3.67. The lowest BCUT2D eigenvalue weighted by molar-refractivity contribution is 0.0760. The maximum Gasteiger partial charge on any atom is 0.257 e. The monoisotopic (exact) mass is 352 g/mol. The lowest BCUT2D eigenvalue weighted by Gasteiger charge is -2.20. The molecule has 0 radical (unpaired) electrons. The van der Waals surface area contributed by atoms with Gasteiger partial charge < -0.3 is 13.8 Å². The van der Waals surface area contributed by atoms with Gasteiger partial charge in [0.2, 0.25) is 0 Å². The van der Waals surface area contributed by atoms with Gasteiger partial charge >= 0.3 is 0 Å². The van der Waals surface area contributed by atoms with Gasteiger partial charge in [-0.1, -0.05) is 5.16 Å². The van der Waals surface area contributed by atoms with Crippen LogP contribution in [0.4, 0.5) is 0 Å². The second-order valence-corrected chi connectivity index (χ2v) is 6.35. The topological polar surface area (TPSA) is 75.6 Å². The summed E-state index contributed by atoms with van der Waals surface area (Å²) in [5.41, 5.74) is 2.41. The highest BCUT2D eigenvalue weighted by Gasteiger charge is 2.21. The number of furan rings is 1. The predicted octanol–water partition coefficient (Wildman–Crippen LogP) is 2.68. The second kappa shape index (κ2) is 7.53. The van der Waals surface area contributed by atoms with Crippen molar-refractivity contribution < 1.29 is 13.7 Å². The minimum atomic E-state index is 0.0280. The van der Waals surface area contributed by atoms with Gasteiger partial charge in [-0.2, -0.15) is 0 Å². The maximum absolute atomic E-state index is 12.5. The molecule has 26 heavy (non-hydrogen) atoms. The highest BCUT2D eigenvalue weighted by molar-refractivity contribution is 5.93. The maximum atomic E-state index is 12.5. The van der Waals surface area contributed by atoms with E-state index in [-0.39, 0.29) is 5.91 Å². The lowest BCUT2D eigenvalue weighted by Crippen LogP contribution is -2.34. The van der Waals surface area contributed by atoms with Gasteiger partial charge in [-0.05, 0) is 24.6 Å². The highest BCUT2D eigenvalue weighted by atomic mass is 16.5. The Morgan fingerprint density at radius 1 is 1.12 bits per heavy atom. The van der Waals surface area contributed by atoms with E-state index < -0.39 is 0 Å². The summed E-state index contributed by atoms with van der Waals surface area (Å²) in [6, 6.07) is 7.49. The number of amides is 1. The van der Waals surface area contributed by atoms with Crippen LogP contribution in [0.25, 0.3) is 11.3 Å². The summed E-state index contributed by atoms with van der Waals surface area (Å²) in [5, 5.41) is 4.15. The first-order valence-corrected chi connectivity index (χ1v) is 8.69. The molecule has 7 nitrogen and oxygen atoms in total. The number of carbonyl (C=O) groups excluding carboxylic acids is 1. The van der Waals surface area contributed by atoms with Crippen LogP contribution in [0.3, 0.4) is 0 Å². The first-order chi connectivity index (χ1) is 12.8. The number of rotatable bonds is 4. The van der Waals surface area contributed by atoms with E-state index >= 15 is 0 Å². The van der Waals surface area contributed by atoms with Crippen molar-refractivity contribution in [3.63, 3.8) is 0 Å². The third-order valence-corrected chi connectivity index (χ3v) is 4.56. The minimum Gasteiger partial charge on any atom is -0.472 e. The van der Waals surface area contributed by atoms with Gasteiger partial charge in [0.15, 0.2) is 5.76 Å². The molecule has 1 fully saturated rings. The van der Waals surface area contributed by atoms with Gasteiger partial charge in [0.05, 0.1) is 18.4 Å². The lowest BCUT2D eigenvalue weighted by atomic mass is 10.2. The molecule has 1 saturated heterocycles. The van der Waals surface area contributed by atoms with Crippen molar-refractivity contribution in [3.05, 3.63) is 60.5 Å². The van der Waals surface area contributed by atoms with Gasteiger partial charge in [-0.3, -0.25) is 14.7 Å². The summed E-state index contributed by atoms with van der Waals surface area (Å²) in [7, 11) is 0. The van der Waals surface area contributed by atoms with Crippen molar-refractivity contribution in [1.29, 1.82) is 0 Å². The smallest absolute Gasteiger partial charge is 0.257 e. The van der Waals surface area contributed by atoms with Crippen molar-refractivity contribution in [2.45, 2.75) is 13.0 Å². The molecule has 7 heteroatoms. The van der Waals surface area contributed by atoms with Crippen LogP contribution in [0.1, 0.15) is 22.5 Å². The Kier molecular flexibility index (Phi) is 4.79. The fraction of sp³-hybridized carbons (Fsp3) is 0.316. The summed E-state index contributed by atoms with van der Waals surface area (Å²) < 4.78 is 10.5. The Hall–Kier alpha value is -2.93. The summed E-state index contributed by atoms with van der Waals surface area (Å²) in [6.07, 6.45) is 7.44. The van der Waals surface area contributed by atoms with E-state index in [9.17, 15) is 4.79 Å². The Morgan fingerprint density at radius 3 is 2.81 bits per heavy atom. The van der Waals surface area contributed by atoms with E-state index in [1.807, 2.05) is 23.1 Å². The molecule has 134 valence electrons. The Balaban J connectivity index is 1.36. The van der Waals surface area contributed by atoms with Crippen molar-refractivity contribution in [2.24, 2.45) is 0 Å². The van der Waals surface area contributed by atoms with Crippen LogP contribution in [0.15, 0.2) is 58.1 Å². The molecular formula is C19H20N4O3. The van der Waals surface area contributed by atoms with E-state index in [0.29, 0.717) is 18.7 Å². The van der Waals surface area contributed by atoms with Crippen LogP contribution in [0.5, 0.6) is 0 Å². The molecule has 0 aliphatic carbocycles. The van der Waals surface area contributed by atoms with E-state index in [1.54, 1.807) is 18.5 Å². The fourth-order valence-electron chi connectivity index (χ4n) is 3.17. The molecule has 0 saturated carbocycles. The first-order valence-electron chi connectivity index (χ1n) is 8.69. The Labute approximate surface area is 151 Å². The Bertz CT molecular complexity index is 845. The average Bonchev–Trinajstić information content (AvgIpc) is 3.31. The van der Waals surface area contributed by atoms with Crippen LogP contribution in [0.2, 0.25) is 0 Å². The predicted molar refractivity (Wildman–Crippen MR) is 94.2 cm³/mol. The number of hydrogen-bond donors (Lipinski definition) is 0. The molecule has 0 bridgehead atoms. The Morgan fingerprint density at radius 2 is 2.00 bits per heavy atom. The SMILES string of the molecule is O=C(c1ccoc1)N1CCCN(Cc2cc(-c3ccncc3)no2)CC1. The molecule has 4 heterocycles. The summed E-state index contributed by atoms with van der Waals surface area (Å²) in [6.45, 7) is 3.84. The van der Waals surface area contributed by atoms with E-state index in [0.717, 1.165) is 43.1 Å². The molecule has 3 aromatic heterocycles. The molecular weight excluding hydrogens is 332 g/mol. The molecule has 0 aromatic carbocycles. The zero-order valence-electron chi connectivity index (χ0n) is 14.4. The van der Waals surface area contributed by atoms with Crippen molar-refractivity contribution >= 4 is 5.91 Å². The van der Waals surface area contributed by atoms with Crippen molar-refractivity contribution in [1.82, 2.24) is 19.9 Å². The highest BCUT2D eigenvalue weighted by Crippen LogP contribution is 2.19. The molecule has 4 rings (SSSR count). The van der Waals surface area contributed by atoms with Crippen LogP contribution < -0.4 is 0 Å². The van der Waals surface area contributed by atoms with Crippen LogP contribution >= 0.6 is 0 Å². The van der Waals surface area contributed by atoms with Crippen LogP contribution in [-0.4, -0.2) is 52.0 Å². The summed E-state index contributed by atoms with van der Waals surface area (Å²) >= 11 is 0.